The Bertz CT molecular complexity index is 1060. The summed E-state index contributed by atoms with van der Waals surface area (Å²) in [5, 5.41) is 10.9. The molecule has 0 radical (unpaired) electrons. The van der Waals surface area contributed by atoms with E-state index in [1.165, 1.54) is 17.3 Å². The van der Waals surface area contributed by atoms with Crippen molar-refractivity contribution >= 4 is 39.1 Å². The molecule has 1 aromatic heterocycles. The molecule has 1 saturated heterocycles. The molecule has 1 amide bonds. The van der Waals surface area contributed by atoms with Crippen molar-refractivity contribution in [2.24, 2.45) is 0 Å². The molecule has 1 aliphatic heterocycles. The Kier molecular flexibility index (Phi) is 4.79. The number of halogens is 1. The summed E-state index contributed by atoms with van der Waals surface area (Å²) in [6, 6.07) is 18.8. The number of benzene rings is 2. The number of aromatic nitrogens is 1. The van der Waals surface area contributed by atoms with E-state index in [0.29, 0.717) is 11.3 Å². The molecular weight excluding hydrogens is 420 g/mol. The van der Waals surface area contributed by atoms with E-state index in [1.54, 1.807) is 36.4 Å². The summed E-state index contributed by atoms with van der Waals surface area (Å²) in [7, 11) is 0. The first-order valence-corrected chi connectivity index (χ1v) is 9.39. The SMILES string of the molecule is O=C1C(=O)N(c2ccccc2)C(c2ccc(Br)cc2)/C1=C(/O)c1ccncc1. The van der Waals surface area contributed by atoms with Gasteiger partial charge >= 0.3 is 0 Å². The topological polar surface area (TPSA) is 70.5 Å². The molecule has 1 fully saturated rings. The van der Waals surface area contributed by atoms with Crippen LogP contribution in [0.15, 0.2) is 89.2 Å². The molecule has 2 aromatic carbocycles. The largest absolute Gasteiger partial charge is 0.507 e. The van der Waals surface area contributed by atoms with Crippen LogP contribution >= 0.6 is 15.9 Å². The summed E-state index contributed by atoms with van der Waals surface area (Å²) in [5.41, 5.74) is 1.80. The van der Waals surface area contributed by atoms with E-state index in [1.807, 2.05) is 30.3 Å². The van der Waals surface area contributed by atoms with Crippen molar-refractivity contribution in [3.8, 4) is 0 Å². The molecule has 4 rings (SSSR count). The minimum Gasteiger partial charge on any atom is -0.507 e. The van der Waals surface area contributed by atoms with E-state index in [2.05, 4.69) is 20.9 Å². The van der Waals surface area contributed by atoms with E-state index in [0.717, 1.165) is 10.0 Å². The van der Waals surface area contributed by atoms with Crippen molar-refractivity contribution < 1.29 is 14.7 Å². The monoisotopic (exact) mass is 434 g/mol. The van der Waals surface area contributed by atoms with Gasteiger partial charge < -0.3 is 5.11 Å². The number of hydrogen-bond donors (Lipinski definition) is 1. The molecule has 2 heterocycles. The molecule has 0 aliphatic carbocycles. The maximum absolute atomic E-state index is 12.9. The van der Waals surface area contributed by atoms with Crippen LogP contribution in [0.3, 0.4) is 0 Å². The number of pyridine rings is 1. The van der Waals surface area contributed by atoms with Gasteiger partial charge in [-0.1, -0.05) is 46.3 Å². The molecule has 1 unspecified atom stereocenters. The molecule has 0 bridgehead atoms. The molecule has 1 atom stereocenters. The van der Waals surface area contributed by atoms with Crippen LogP contribution in [-0.2, 0) is 9.59 Å². The maximum Gasteiger partial charge on any atom is 0.300 e. The number of ketones is 1. The van der Waals surface area contributed by atoms with Crippen LogP contribution in [-0.4, -0.2) is 21.8 Å². The molecule has 0 saturated carbocycles. The summed E-state index contributed by atoms with van der Waals surface area (Å²) in [6.07, 6.45) is 3.05. The second kappa shape index (κ2) is 7.40. The van der Waals surface area contributed by atoms with Gasteiger partial charge in [-0.15, -0.1) is 0 Å². The Hall–Kier alpha value is -3.25. The number of Topliss-reactive ketones (excluding diaryl/α,β-unsaturated/α-hetero) is 1. The Morgan fingerprint density at radius 3 is 2.21 bits per heavy atom. The zero-order valence-corrected chi connectivity index (χ0v) is 16.2. The van der Waals surface area contributed by atoms with Gasteiger partial charge in [0.05, 0.1) is 11.6 Å². The van der Waals surface area contributed by atoms with E-state index >= 15 is 0 Å². The number of aliphatic hydroxyl groups is 1. The van der Waals surface area contributed by atoms with Crippen LogP contribution in [0.4, 0.5) is 5.69 Å². The maximum atomic E-state index is 12.9. The lowest BCUT2D eigenvalue weighted by Gasteiger charge is -2.25. The summed E-state index contributed by atoms with van der Waals surface area (Å²) in [5.74, 6) is -1.60. The van der Waals surface area contributed by atoms with Crippen molar-refractivity contribution in [2.45, 2.75) is 6.04 Å². The lowest BCUT2D eigenvalue weighted by molar-refractivity contribution is -0.132. The number of anilines is 1. The number of para-hydroxylation sites is 1. The van der Waals surface area contributed by atoms with Crippen molar-refractivity contribution in [3.63, 3.8) is 0 Å². The van der Waals surface area contributed by atoms with Gasteiger partial charge in [0.2, 0.25) is 0 Å². The van der Waals surface area contributed by atoms with E-state index < -0.39 is 17.7 Å². The molecule has 1 aliphatic rings. The Balaban J connectivity index is 1.95. The minimum absolute atomic E-state index is 0.0578. The molecule has 3 aromatic rings. The van der Waals surface area contributed by atoms with Crippen molar-refractivity contribution in [3.05, 3.63) is 100 Å². The number of rotatable bonds is 3. The lowest BCUT2D eigenvalue weighted by atomic mass is 9.95. The average molecular weight is 435 g/mol. The van der Waals surface area contributed by atoms with Gasteiger partial charge in [0.1, 0.15) is 5.76 Å². The summed E-state index contributed by atoms with van der Waals surface area (Å²) in [4.78, 5) is 31.2. The van der Waals surface area contributed by atoms with Gasteiger partial charge in [-0.3, -0.25) is 19.5 Å². The van der Waals surface area contributed by atoms with Gasteiger partial charge in [0.15, 0.2) is 0 Å². The predicted octanol–water partition coefficient (Wildman–Crippen LogP) is 4.47. The van der Waals surface area contributed by atoms with Crippen LogP contribution < -0.4 is 4.90 Å². The van der Waals surface area contributed by atoms with Gasteiger partial charge in [-0.25, -0.2) is 0 Å². The van der Waals surface area contributed by atoms with Crippen LogP contribution in [0.5, 0.6) is 0 Å². The molecule has 1 N–H and O–H groups in total. The summed E-state index contributed by atoms with van der Waals surface area (Å²) >= 11 is 3.40. The fourth-order valence-electron chi connectivity index (χ4n) is 3.31. The fraction of sp³-hybridized carbons (Fsp3) is 0.0455. The number of nitrogens with zero attached hydrogens (tertiary/aromatic N) is 2. The second-order valence-corrected chi connectivity index (χ2v) is 7.21. The Morgan fingerprint density at radius 2 is 1.57 bits per heavy atom. The van der Waals surface area contributed by atoms with Crippen LogP contribution in [0.2, 0.25) is 0 Å². The highest BCUT2D eigenvalue weighted by atomic mass is 79.9. The highest BCUT2D eigenvalue weighted by molar-refractivity contribution is 9.10. The molecule has 28 heavy (non-hydrogen) atoms. The third kappa shape index (κ3) is 3.12. The molecule has 138 valence electrons. The number of carbonyl (C=O) groups excluding carboxylic acids is 2. The standard InChI is InChI=1S/C22H15BrN2O3/c23-16-8-6-14(7-9-16)19-18(20(26)15-10-12-24-13-11-15)21(27)22(28)25(19)17-4-2-1-3-5-17/h1-13,19,26H/b20-18-. The van der Waals surface area contributed by atoms with Crippen LogP contribution in [0.1, 0.15) is 17.2 Å². The van der Waals surface area contributed by atoms with Gasteiger partial charge in [0.25, 0.3) is 11.7 Å². The Labute approximate surface area is 170 Å². The first-order chi connectivity index (χ1) is 13.6. The summed E-state index contributed by atoms with van der Waals surface area (Å²) in [6.45, 7) is 0. The highest BCUT2D eigenvalue weighted by Crippen LogP contribution is 2.42. The van der Waals surface area contributed by atoms with Crippen molar-refractivity contribution in [1.29, 1.82) is 0 Å². The molecule has 6 heteroatoms. The zero-order chi connectivity index (χ0) is 19.7. The fourth-order valence-corrected chi connectivity index (χ4v) is 3.58. The van der Waals surface area contributed by atoms with Gasteiger partial charge in [0, 0.05) is 28.1 Å². The summed E-state index contributed by atoms with van der Waals surface area (Å²) < 4.78 is 0.877. The van der Waals surface area contributed by atoms with Crippen molar-refractivity contribution in [2.75, 3.05) is 4.90 Å². The van der Waals surface area contributed by atoms with Gasteiger partial charge in [-0.2, -0.15) is 0 Å². The number of aliphatic hydroxyl groups excluding tert-OH is 1. The van der Waals surface area contributed by atoms with E-state index in [4.69, 9.17) is 0 Å². The van der Waals surface area contributed by atoms with Gasteiger partial charge in [-0.05, 0) is 42.0 Å². The third-order valence-corrected chi connectivity index (χ3v) is 5.15. The normalized spacial score (nSPS) is 18.5. The molecule has 5 nitrogen and oxygen atoms in total. The minimum atomic E-state index is -0.733. The first-order valence-electron chi connectivity index (χ1n) is 8.60. The second-order valence-electron chi connectivity index (χ2n) is 6.29. The van der Waals surface area contributed by atoms with E-state index in [-0.39, 0.29) is 11.3 Å². The molecular formula is C22H15BrN2O3. The first kappa shape index (κ1) is 18.1. The number of amides is 1. The van der Waals surface area contributed by atoms with E-state index in [9.17, 15) is 14.7 Å². The predicted molar refractivity (Wildman–Crippen MR) is 110 cm³/mol. The lowest BCUT2D eigenvalue weighted by Crippen LogP contribution is -2.29. The van der Waals surface area contributed by atoms with Crippen LogP contribution in [0.25, 0.3) is 5.76 Å². The van der Waals surface area contributed by atoms with Crippen molar-refractivity contribution in [1.82, 2.24) is 4.98 Å². The highest BCUT2D eigenvalue weighted by Gasteiger charge is 2.46. The number of hydrogen-bond acceptors (Lipinski definition) is 4. The quantitative estimate of drug-likeness (QED) is 0.375. The third-order valence-electron chi connectivity index (χ3n) is 4.62. The Morgan fingerprint density at radius 1 is 0.929 bits per heavy atom. The molecule has 0 spiro atoms. The smallest absolute Gasteiger partial charge is 0.300 e. The van der Waals surface area contributed by atoms with Crippen LogP contribution in [0, 0.1) is 0 Å². The zero-order valence-electron chi connectivity index (χ0n) is 14.6. The number of carbonyl (C=O) groups is 2. The average Bonchev–Trinajstić information content (AvgIpc) is 3.00.